The van der Waals surface area contributed by atoms with Gasteiger partial charge in [-0.25, -0.2) is 9.78 Å². The van der Waals surface area contributed by atoms with Gasteiger partial charge in [0.15, 0.2) is 0 Å². The second kappa shape index (κ2) is 8.97. The Balaban J connectivity index is 1.91. The Kier molecular flexibility index (Phi) is 6.60. The number of hydrogen-bond donors (Lipinski definition) is 2. The molecule has 3 rings (SSSR count). The molecule has 4 nitrogen and oxygen atoms in total. The van der Waals surface area contributed by atoms with Crippen molar-refractivity contribution in [2.75, 3.05) is 10.6 Å². The van der Waals surface area contributed by atoms with Gasteiger partial charge in [-0.05, 0) is 36.0 Å². The molecule has 0 fully saturated rings. The summed E-state index contributed by atoms with van der Waals surface area (Å²) in [7, 11) is 0. The zero-order chi connectivity index (χ0) is 21.1. The minimum atomic E-state index is -0.281. The van der Waals surface area contributed by atoms with Crippen LogP contribution in [0.3, 0.4) is 0 Å². The molecular formula is C23H26ClN3OS. The van der Waals surface area contributed by atoms with Crippen molar-refractivity contribution in [2.45, 2.75) is 46.5 Å². The van der Waals surface area contributed by atoms with E-state index >= 15 is 0 Å². The summed E-state index contributed by atoms with van der Waals surface area (Å²) >= 11 is 7.79. The lowest BCUT2D eigenvalue weighted by Crippen LogP contribution is -2.21. The normalized spacial score (nSPS) is 11.2. The highest BCUT2D eigenvalue weighted by Gasteiger charge is 2.19. The third kappa shape index (κ3) is 4.80. The van der Waals surface area contributed by atoms with E-state index in [1.807, 2.05) is 31.2 Å². The van der Waals surface area contributed by atoms with E-state index in [9.17, 15) is 4.79 Å². The molecule has 0 bridgehead atoms. The van der Waals surface area contributed by atoms with Crippen LogP contribution >= 0.6 is 22.9 Å². The van der Waals surface area contributed by atoms with Crippen molar-refractivity contribution in [1.82, 2.24) is 4.98 Å². The van der Waals surface area contributed by atoms with E-state index in [0.717, 1.165) is 27.4 Å². The number of carbonyl (C=O) groups excluding carboxylic acids is 1. The van der Waals surface area contributed by atoms with Crippen molar-refractivity contribution < 1.29 is 4.79 Å². The molecule has 152 valence electrons. The number of nitrogens with zero attached hydrogens (tertiary/aromatic N) is 1. The molecule has 0 aliphatic rings. The first kappa shape index (κ1) is 21.3. The van der Waals surface area contributed by atoms with Gasteiger partial charge in [-0.15, -0.1) is 11.3 Å². The molecule has 0 unspecified atom stereocenters. The van der Waals surface area contributed by atoms with Gasteiger partial charge >= 0.3 is 6.03 Å². The molecule has 6 heteroatoms. The number of benzene rings is 2. The van der Waals surface area contributed by atoms with Crippen LogP contribution in [0.4, 0.5) is 15.5 Å². The highest BCUT2D eigenvalue weighted by molar-refractivity contribution is 7.16. The Hall–Kier alpha value is -2.37. The van der Waals surface area contributed by atoms with E-state index in [1.54, 1.807) is 0 Å². The van der Waals surface area contributed by atoms with Crippen LogP contribution in [0.2, 0.25) is 5.02 Å². The van der Waals surface area contributed by atoms with Crippen LogP contribution in [0.5, 0.6) is 0 Å². The number of aryl methyl sites for hydroxylation is 1. The van der Waals surface area contributed by atoms with Crippen molar-refractivity contribution >= 4 is 39.7 Å². The lowest BCUT2D eigenvalue weighted by Gasteiger charge is -2.20. The summed E-state index contributed by atoms with van der Waals surface area (Å²) in [6.45, 7) is 10.4. The summed E-state index contributed by atoms with van der Waals surface area (Å²) in [5.41, 5.74) is 4.63. The van der Waals surface area contributed by atoms with Crippen LogP contribution in [0.15, 0.2) is 42.5 Å². The fourth-order valence-corrected chi connectivity index (χ4v) is 4.34. The Morgan fingerprint density at radius 3 is 2.17 bits per heavy atom. The number of halogens is 1. The Labute approximate surface area is 181 Å². The van der Waals surface area contributed by atoms with Crippen molar-refractivity contribution in [2.24, 2.45) is 0 Å². The van der Waals surface area contributed by atoms with Crippen molar-refractivity contribution in [3.63, 3.8) is 0 Å². The number of urea groups is 1. The lowest BCUT2D eigenvalue weighted by molar-refractivity contribution is 0.262. The highest BCUT2D eigenvalue weighted by Crippen LogP contribution is 2.37. The number of nitrogens with one attached hydrogen (secondary N) is 2. The van der Waals surface area contributed by atoms with Crippen LogP contribution in [0.1, 0.15) is 55.7 Å². The number of hydrogen-bond acceptors (Lipinski definition) is 3. The summed E-state index contributed by atoms with van der Waals surface area (Å²) in [6, 6.07) is 13.4. The van der Waals surface area contributed by atoms with Gasteiger partial charge in [-0.1, -0.05) is 75.7 Å². The van der Waals surface area contributed by atoms with Gasteiger partial charge in [-0.2, -0.15) is 0 Å². The standard InChI is InChI=1S/C23H26ClN3OS/c1-13(2)16-10-8-11-17(14(3)4)20(16)26-23(28)27-22-21(25-15(5)29-22)18-9-6-7-12-19(18)24/h6-14H,1-5H3,(H2,26,27,28). The van der Waals surface area contributed by atoms with Crippen LogP contribution in [-0.4, -0.2) is 11.0 Å². The van der Waals surface area contributed by atoms with Gasteiger partial charge in [-0.3, -0.25) is 5.32 Å². The van der Waals surface area contributed by atoms with Crippen LogP contribution < -0.4 is 10.6 Å². The molecule has 0 saturated heterocycles. The summed E-state index contributed by atoms with van der Waals surface area (Å²) in [6.07, 6.45) is 0. The molecule has 2 amide bonds. The van der Waals surface area contributed by atoms with Crippen molar-refractivity contribution in [3.8, 4) is 11.3 Å². The van der Waals surface area contributed by atoms with E-state index in [1.165, 1.54) is 11.3 Å². The summed E-state index contributed by atoms with van der Waals surface area (Å²) in [4.78, 5) is 17.5. The number of amides is 2. The number of anilines is 2. The number of thiazole rings is 1. The molecule has 29 heavy (non-hydrogen) atoms. The van der Waals surface area contributed by atoms with Gasteiger partial charge in [0.05, 0.1) is 10.0 Å². The zero-order valence-electron chi connectivity index (χ0n) is 17.3. The monoisotopic (exact) mass is 427 g/mol. The molecule has 0 aliphatic carbocycles. The summed E-state index contributed by atoms with van der Waals surface area (Å²) < 4.78 is 0. The fraction of sp³-hybridized carbons (Fsp3) is 0.304. The van der Waals surface area contributed by atoms with Crippen molar-refractivity contribution in [1.29, 1.82) is 0 Å². The minimum absolute atomic E-state index is 0.281. The van der Waals surface area contributed by atoms with Crippen LogP contribution in [0, 0.1) is 6.92 Å². The Bertz CT molecular complexity index is 1000. The average molecular weight is 428 g/mol. The number of carbonyl (C=O) groups is 1. The highest BCUT2D eigenvalue weighted by atomic mass is 35.5. The predicted molar refractivity (Wildman–Crippen MR) is 125 cm³/mol. The van der Waals surface area contributed by atoms with E-state index < -0.39 is 0 Å². The SMILES string of the molecule is Cc1nc(-c2ccccc2Cl)c(NC(=O)Nc2c(C(C)C)cccc2C(C)C)s1. The van der Waals surface area contributed by atoms with Gasteiger partial charge in [0.25, 0.3) is 0 Å². The quantitative estimate of drug-likeness (QED) is 0.439. The largest absolute Gasteiger partial charge is 0.324 e. The Morgan fingerprint density at radius 2 is 1.59 bits per heavy atom. The first-order valence-electron chi connectivity index (χ1n) is 9.71. The second-order valence-electron chi connectivity index (χ2n) is 7.59. The lowest BCUT2D eigenvalue weighted by atomic mass is 9.93. The number of aromatic nitrogens is 1. The molecule has 0 radical (unpaired) electrons. The number of para-hydroxylation sites is 1. The van der Waals surface area contributed by atoms with E-state index in [-0.39, 0.29) is 6.03 Å². The molecule has 3 aromatic rings. The predicted octanol–water partition coefficient (Wildman–Crippen LogP) is 7.66. The maximum absolute atomic E-state index is 12.9. The summed E-state index contributed by atoms with van der Waals surface area (Å²) in [5, 5.41) is 8.22. The van der Waals surface area contributed by atoms with Crippen LogP contribution in [-0.2, 0) is 0 Å². The first-order chi connectivity index (χ1) is 13.8. The third-order valence-electron chi connectivity index (χ3n) is 4.70. The van der Waals surface area contributed by atoms with E-state index in [4.69, 9.17) is 11.6 Å². The molecule has 2 N–H and O–H groups in total. The third-order valence-corrected chi connectivity index (χ3v) is 5.92. The average Bonchev–Trinajstić information content (AvgIpc) is 3.01. The summed E-state index contributed by atoms with van der Waals surface area (Å²) in [5.74, 6) is 0.599. The molecule has 0 spiro atoms. The maximum atomic E-state index is 12.9. The molecule has 0 saturated carbocycles. The molecule has 1 aromatic heterocycles. The van der Waals surface area contributed by atoms with Gasteiger partial charge in [0.2, 0.25) is 0 Å². The van der Waals surface area contributed by atoms with E-state index in [2.05, 4.69) is 61.5 Å². The fourth-order valence-electron chi connectivity index (χ4n) is 3.29. The molecule has 0 aliphatic heterocycles. The second-order valence-corrected chi connectivity index (χ2v) is 9.20. The van der Waals surface area contributed by atoms with E-state index in [0.29, 0.717) is 27.6 Å². The molecular weight excluding hydrogens is 402 g/mol. The molecule has 1 heterocycles. The smallest absolute Gasteiger partial charge is 0.307 e. The molecule has 0 atom stereocenters. The minimum Gasteiger partial charge on any atom is -0.307 e. The van der Waals surface area contributed by atoms with Gasteiger partial charge < -0.3 is 5.32 Å². The van der Waals surface area contributed by atoms with Crippen LogP contribution in [0.25, 0.3) is 11.3 Å². The molecule has 2 aromatic carbocycles. The zero-order valence-corrected chi connectivity index (χ0v) is 18.9. The van der Waals surface area contributed by atoms with Gasteiger partial charge in [0.1, 0.15) is 10.7 Å². The Morgan fingerprint density at radius 1 is 0.966 bits per heavy atom. The first-order valence-corrected chi connectivity index (χ1v) is 10.9. The van der Waals surface area contributed by atoms with Crippen molar-refractivity contribution in [3.05, 3.63) is 63.6 Å². The maximum Gasteiger partial charge on any atom is 0.324 e. The van der Waals surface area contributed by atoms with Gasteiger partial charge in [0, 0.05) is 11.3 Å². The topological polar surface area (TPSA) is 54.0 Å². The number of rotatable bonds is 5.